The number of aliphatic hydroxyl groups excluding tert-OH is 1. The number of hydrogen-bond donors (Lipinski definition) is 2. The van der Waals surface area contributed by atoms with E-state index in [-0.39, 0.29) is 18.3 Å². The van der Waals surface area contributed by atoms with E-state index in [4.69, 9.17) is 9.47 Å². The van der Waals surface area contributed by atoms with Crippen LogP contribution in [0.4, 0.5) is 0 Å². The van der Waals surface area contributed by atoms with Gasteiger partial charge in [0.2, 0.25) is 0 Å². The Kier molecular flexibility index (Phi) is 2.82. The molecule has 2 rings (SSSR count). The van der Waals surface area contributed by atoms with Gasteiger partial charge in [-0.3, -0.25) is 0 Å². The van der Waals surface area contributed by atoms with Crippen LogP contribution < -0.4 is 0 Å². The fraction of sp³-hybridized carbons (Fsp3) is 1.00. The molecule has 2 fully saturated rings. The van der Waals surface area contributed by atoms with Crippen LogP contribution in [0.25, 0.3) is 0 Å². The van der Waals surface area contributed by atoms with Gasteiger partial charge >= 0.3 is 0 Å². The smallest absolute Gasteiger partial charge is 0.0987 e. The largest absolute Gasteiger partial charge is 0.396 e. The molecule has 0 amide bonds. The first-order valence-electron chi connectivity index (χ1n) is 5.86. The molecule has 4 nitrogen and oxygen atoms in total. The zero-order chi connectivity index (χ0) is 12.0. The topological polar surface area (TPSA) is 58.9 Å². The van der Waals surface area contributed by atoms with E-state index in [1.807, 2.05) is 13.8 Å². The minimum Gasteiger partial charge on any atom is -0.396 e. The molecule has 2 aliphatic rings. The maximum Gasteiger partial charge on any atom is 0.0987 e. The second kappa shape index (κ2) is 3.67. The molecular weight excluding hydrogens is 208 g/mol. The van der Waals surface area contributed by atoms with Gasteiger partial charge in [-0.05, 0) is 26.7 Å². The highest BCUT2D eigenvalue weighted by Gasteiger charge is 2.62. The first-order chi connectivity index (χ1) is 7.36. The van der Waals surface area contributed by atoms with E-state index in [9.17, 15) is 10.2 Å². The molecule has 0 radical (unpaired) electrons. The lowest BCUT2D eigenvalue weighted by molar-refractivity contribution is -0.196. The molecule has 1 atom stereocenters. The summed E-state index contributed by atoms with van der Waals surface area (Å²) in [5, 5.41) is 20.2. The van der Waals surface area contributed by atoms with Crippen molar-refractivity contribution < 1.29 is 19.7 Å². The third-order valence-electron chi connectivity index (χ3n) is 4.28. The van der Waals surface area contributed by atoms with Gasteiger partial charge in [-0.15, -0.1) is 0 Å². The highest BCUT2D eigenvalue weighted by atomic mass is 16.5. The average Bonchev–Trinajstić information content (AvgIpc) is 2.41. The Bertz CT molecular complexity index is 270. The van der Waals surface area contributed by atoms with E-state index in [0.717, 1.165) is 12.8 Å². The molecule has 1 saturated heterocycles. The fourth-order valence-corrected chi connectivity index (χ4v) is 3.10. The summed E-state index contributed by atoms with van der Waals surface area (Å²) in [6.07, 6.45) is 2.18. The van der Waals surface area contributed by atoms with Crippen LogP contribution in [-0.4, -0.2) is 47.8 Å². The molecule has 4 heteroatoms. The lowest BCUT2D eigenvalue weighted by atomic mass is 9.56. The van der Waals surface area contributed by atoms with Crippen molar-refractivity contribution in [1.29, 1.82) is 0 Å². The summed E-state index contributed by atoms with van der Waals surface area (Å²) in [6, 6.07) is 0. The highest BCUT2D eigenvalue weighted by Crippen LogP contribution is 2.55. The van der Waals surface area contributed by atoms with Gasteiger partial charge in [0.05, 0.1) is 30.5 Å². The molecule has 1 aliphatic carbocycles. The predicted octanol–water partition coefficient (Wildman–Crippen LogP) is 0.704. The highest BCUT2D eigenvalue weighted by molar-refractivity contribution is 5.11. The molecule has 16 heavy (non-hydrogen) atoms. The van der Waals surface area contributed by atoms with E-state index in [0.29, 0.717) is 13.0 Å². The van der Waals surface area contributed by atoms with E-state index in [1.165, 1.54) is 0 Å². The zero-order valence-corrected chi connectivity index (χ0v) is 10.3. The minimum absolute atomic E-state index is 0.00278. The summed E-state index contributed by atoms with van der Waals surface area (Å²) in [7, 11) is 1.67. The molecule has 1 unspecified atom stereocenters. The summed E-state index contributed by atoms with van der Waals surface area (Å²) < 4.78 is 10.8. The van der Waals surface area contributed by atoms with Gasteiger partial charge in [-0.2, -0.15) is 0 Å². The van der Waals surface area contributed by atoms with Crippen molar-refractivity contribution in [3.8, 4) is 0 Å². The normalized spacial score (nSPS) is 46.7. The van der Waals surface area contributed by atoms with Crippen molar-refractivity contribution in [2.75, 3.05) is 20.3 Å². The molecule has 2 N–H and O–H groups in total. The van der Waals surface area contributed by atoms with Gasteiger partial charge < -0.3 is 19.7 Å². The van der Waals surface area contributed by atoms with Crippen LogP contribution in [0.1, 0.15) is 33.1 Å². The first-order valence-corrected chi connectivity index (χ1v) is 5.86. The van der Waals surface area contributed by atoms with Crippen molar-refractivity contribution in [3.63, 3.8) is 0 Å². The van der Waals surface area contributed by atoms with Gasteiger partial charge in [0, 0.05) is 18.9 Å². The molecule has 1 saturated carbocycles. The minimum atomic E-state index is -0.902. The summed E-state index contributed by atoms with van der Waals surface area (Å²) in [6.45, 7) is 4.27. The van der Waals surface area contributed by atoms with Crippen LogP contribution in [0.2, 0.25) is 0 Å². The predicted molar refractivity (Wildman–Crippen MR) is 59.1 cm³/mol. The third kappa shape index (κ3) is 1.68. The fourth-order valence-electron chi connectivity index (χ4n) is 3.10. The lowest BCUT2D eigenvalue weighted by Crippen LogP contribution is -2.60. The Hall–Kier alpha value is -0.160. The average molecular weight is 230 g/mol. The van der Waals surface area contributed by atoms with Crippen LogP contribution in [0.15, 0.2) is 0 Å². The Morgan fingerprint density at radius 3 is 2.38 bits per heavy atom. The monoisotopic (exact) mass is 230 g/mol. The molecule has 0 aromatic heterocycles. The van der Waals surface area contributed by atoms with Gasteiger partial charge in [0.25, 0.3) is 0 Å². The number of aliphatic hydroxyl groups is 2. The molecule has 0 aromatic carbocycles. The molecule has 1 aliphatic heterocycles. The lowest BCUT2D eigenvalue weighted by Gasteiger charge is -2.53. The van der Waals surface area contributed by atoms with Crippen LogP contribution in [0.3, 0.4) is 0 Å². The van der Waals surface area contributed by atoms with Crippen molar-refractivity contribution in [2.45, 2.75) is 50.4 Å². The number of rotatable bonds is 3. The summed E-state index contributed by atoms with van der Waals surface area (Å²) >= 11 is 0. The maximum atomic E-state index is 10.7. The number of hydrogen-bond acceptors (Lipinski definition) is 4. The Morgan fingerprint density at radius 2 is 2.00 bits per heavy atom. The molecule has 0 spiro atoms. The molecular formula is C12H22O4. The quantitative estimate of drug-likeness (QED) is 0.749. The van der Waals surface area contributed by atoms with Crippen LogP contribution >= 0.6 is 0 Å². The Morgan fingerprint density at radius 1 is 1.38 bits per heavy atom. The molecule has 94 valence electrons. The van der Waals surface area contributed by atoms with Crippen molar-refractivity contribution >= 4 is 0 Å². The maximum absolute atomic E-state index is 10.7. The van der Waals surface area contributed by atoms with Crippen molar-refractivity contribution in [2.24, 2.45) is 5.41 Å². The zero-order valence-electron chi connectivity index (χ0n) is 10.3. The molecule has 0 aromatic rings. The molecule has 1 heterocycles. The number of ether oxygens (including phenoxy) is 2. The van der Waals surface area contributed by atoms with Gasteiger partial charge in [0.15, 0.2) is 0 Å². The van der Waals surface area contributed by atoms with Crippen molar-refractivity contribution in [1.82, 2.24) is 0 Å². The summed E-state index contributed by atoms with van der Waals surface area (Å²) in [5.41, 5.74) is -1.63. The summed E-state index contributed by atoms with van der Waals surface area (Å²) in [4.78, 5) is 0. The van der Waals surface area contributed by atoms with Gasteiger partial charge in [-0.1, -0.05) is 0 Å². The van der Waals surface area contributed by atoms with Gasteiger partial charge in [0.1, 0.15) is 0 Å². The third-order valence-corrected chi connectivity index (χ3v) is 4.28. The second-order valence-corrected chi connectivity index (χ2v) is 5.96. The van der Waals surface area contributed by atoms with E-state index in [1.54, 1.807) is 7.11 Å². The van der Waals surface area contributed by atoms with Gasteiger partial charge in [-0.25, -0.2) is 0 Å². The van der Waals surface area contributed by atoms with Crippen LogP contribution in [0, 0.1) is 5.41 Å². The van der Waals surface area contributed by atoms with Crippen LogP contribution in [0.5, 0.6) is 0 Å². The molecule has 0 bridgehead atoms. The van der Waals surface area contributed by atoms with Crippen molar-refractivity contribution in [3.05, 3.63) is 0 Å². The standard InChI is InChI=1S/C12H22O4/c1-10(2)6-12(14,8-16-10)11(7-13)4-9(5-11)15-3/h9,13-14H,4-8H2,1-3H3. The Labute approximate surface area is 96.6 Å². The van der Waals surface area contributed by atoms with E-state index < -0.39 is 11.0 Å². The second-order valence-electron chi connectivity index (χ2n) is 5.96. The SMILES string of the molecule is COC1CC(CO)(C2(O)COC(C)(C)C2)C1. The number of methoxy groups -OCH3 is 1. The van der Waals surface area contributed by atoms with E-state index >= 15 is 0 Å². The van der Waals surface area contributed by atoms with Crippen LogP contribution in [-0.2, 0) is 9.47 Å². The first kappa shape index (κ1) is 12.3. The van der Waals surface area contributed by atoms with E-state index in [2.05, 4.69) is 0 Å². The Balaban J connectivity index is 2.11. The summed E-state index contributed by atoms with van der Waals surface area (Å²) in [5.74, 6) is 0.